The van der Waals surface area contributed by atoms with E-state index in [1.54, 1.807) is 43.7 Å². The maximum Gasteiger partial charge on any atom is 0.264 e. The number of nitrogens with one attached hydrogen (secondary N) is 1. The highest BCUT2D eigenvalue weighted by molar-refractivity contribution is 6.05. The molecule has 1 N–H and O–H groups in total. The van der Waals surface area contributed by atoms with Crippen molar-refractivity contribution in [2.75, 3.05) is 11.9 Å². The van der Waals surface area contributed by atoms with Crippen molar-refractivity contribution in [2.24, 2.45) is 5.92 Å². The number of rotatable bonds is 7. The molecule has 0 aliphatic heterocycles. The topological polar surface area (TPSA) is 86.1 Å². The normalized spacial score (nSPS) is 10.8. The van der Waals surface area contributed by atoms with Gasteiger partial charge < -0.3 is 14.6 Å². The van der Waals surface area contributed by atoms with Crippen molar-refractivity contribution in [3.05, 3.63) is 81.8 Å². The molecule has 156 valence electrons. The zero-order valence-corrected chi connectivity index (χ0v) is 17.7. The maximum absolute atomic E-state index is 13.0. The summed E-state index contributed by atoms with van der Waals surface area (Å²) in [5, 5.41) is 2.83. The van der Waals surface area contributed by atoms with Crippen molar-refractivity contribution in [3.63, 3.8) is 0 Å². The fraction of sp³-hybridized carbons (Fsp3) is 0.304. The van der Waals surface area contributed by atoms with Crippen LogP contribution in [0.2, 0.25) is 0 Å². The Kier molecular flexibility index (Phi) is 6.61. The number of anilines is 1. The first kappa shape index (κ1) is 21.2. The van der Waals surface area contributed by atoms with Crippen LogP contribution < -0.4 is 15.6 Å². The summed E-state index contributed by atoms with van der Waals surface area (Å²) < 4.78 is 7.26. The summed E-state index contributed by atoms with van der Waals surface area (Å²) >= 11 is 0. The van der Waals surface area contributed by atoms with Gasteiger partial charge in [0.05, 0.1) is 36.4 Å². The van der Waals surface area contributed by atoms with Gasteiger partial charge in [0.1, 0.15) is 11.3 Å². The highest BCUT2D eigenvalue weighted by atomic mass is 16.5. The molecular formula is C23H26N4O3. The number of aromatic nitrogens is 3. The first-order chi connectivity index (χ1) is 14.3. The van der Waals surface area contributed by atoms with Crippen molar-refractivity contribution in [1.82, 2.24) is 14.5 Å². The van der Waals surface area contributed by atoms with Crippen LogP contribution in [0, 0.1) is 19.8 Å². The third kappa shape index (κ3) is 5.11. The lowest BCUT2D eigenvalue weighted by atomic mass is 10.1. The van der Waals surface area contributed by atoms with E-state index in [2.05, 4.69) is 29.1 Å². The predicted molar refractivity (Wildman–Crippen MR) is 116 cm³/mol. The van der Waals surface area contributed by atoms with Gasteiger partial charge in [-0.3, -0.25) is 19.6 Å². The molecule has 30 heavy (non-hydrogen) atoms. The van der Waals surface area contributed by atoms with E-state index in [1.807, 2.05) is 19.1 Å². The number of carbonyl (C=O) groups is 1. The van der Waals surface area contributed by atoms with E-state index in [0.717, 1.165) is 5.69 Å². The Morgan fingerprint density at radius 2 is 1.90 bits per heavy atom. The molecule has 7 heteroatoms. The van der Waals surface area contributed by atoms with Gasteiger partial charge in [-0.05, 0) is 43.5 Å². The van der Waals surface area contributed by atoms with Gasteiger partial charge in [0.25, 0.3) is 11.5 Å². The van der Waals surface area contributed by atoms with Gasteiger partial charge in [-0.1, -0.05) is 26.0 Å². The van der Waals surface area contributed by atoms with Gasteiger partial charge in [-0.15, -0.1) is 0 Å². The Labute approximate surface area is 175 Å². The summed E-state index contributed by atoms with van der Waals surface area (Å²) in [5.74, 6) is 0.452. The molecule has 0 saturated carbocycles. The zero-order valence-electron chi connectivity index (χ0n) is 17.7. The average molecular weight is 406 g/mol. The molecule has 7 nitrogen and oxygen atoms in total. The highest BCUT2D eigenvalue weighted by Crippen LogP contribution is 2.25. The smallest absolute Gasteiger partial charge is 0.264 e. The number of carbonyl (C=O) groups excluding carboxylic acids is 1. The second kappa shape index (κ2) is 9.35. The van der Waals surface area contributed by atoms with Crippen LogP contribution in [0.15, 0.2) is 53.7 Å². The molecule has 3 aromatic rings. The van der Waals surface area contributed by atoms with Gasteiger partial charge in [0.15, 0.2) is 0 Å². The summed E-state index contributed by atoms with van der Waals surface area (Å²) in [6.07, 6.45) is 4.94. The third-order valence-electron chi connectivity index (χ3n) is 4.47. The number of hydrogen-bond donors (Lipinski definition) is 1. The van der Waals surface area contributed by atoms with E-state index in [9.17, 15) is 9.59 Å². The quantitative estimate of drug-likeness (QED) is 0.648. The Bertz CT molecular complexity index is 1090. The number of nitrogens with zero attached hydrogens (tertiary/aromatic N) is 3. The molecule has 0 radical (unpaired) electrons. The molecular weight excluding hydrogens is 380 g/mol. The lowest BCUT2D eigenvalue weighted by Gasteiger charge is -2.15. The molecule has 2 heterocycles. The molecule has 0 aliphatic carbocycles. The fourth-order valence-electron chi connectivity index (χ4n) is 2.88. The van der Waals surface area contributed by atoms with Crippen molar-refractivity contribution in [1.29, 1.82) is 0 Å². The minimum Gasteiger partial charge on any atom is -0.491 e. The van der Waals surface area contributed by atoms with Crippen LogP contribution in [0.5, 0.6) is 5.75 Å². The van der Waals surface area contributed by atoms with Gasteiger partial charge in [0, 0.05) is 12.4 Å². The minimum atomic E-state index is -0.470. The molecule has 1 aromatic carbocycles. The van der Waals surface area contributed by atoms with Crippen LogP contribution in [-0.2, 0) is 6.54 Å². The SMILES string of the molecule is Cc1cnc(Cn2ccc(C)c(C(=O)Nc3ccccc3OCC(C)C)c2=O)cn1. The minimum absolute atomic E-state index is 0.0937. The van der Waals surface area contributed by atoms with Crippen LogP contribution in [0.3, 0.4) is 0 Å². The standard InChI is InChI=1S/C23H26N4O3/c1-15(2)14-30-20-8-6-5-7-19(20)26-22(28)21-16(3)9-10-27(23(21)29)13-18-12-24-17(4)11-25-18/h5-12,15H,13-14H2,1-4H3,(H,26,28). The monoisotopic (exact) mass is 406 g/mol. The summed E-state index contributed by atoms with van der Waals surface area (Å²) in [6.45, 7) is 8.46. The Balaban J connectivity index is 1.86. The fourth-order valence-corrected chi connectivity index (χ4v) is 2.88. The Hall–Kier alpha value is -3.48. The van der Waals surface area contributed by atoms with Gasteiger partial charge in [-0.2, -0.15) is 0 Å². The second-order valence-electron chi connectivity index (χ2n) is 7.61. The first-order valence-electron chi connectivity index (χ1n) is 9.86. The number of hydrogen-bond acceptors (Lipinski definition) is 5. The number of aryl methyl sites for hydroxylation is 2. The maximum atomic E-state index is 13.0. The second-order valence-corrected chi connectivity index (χ2v) is 7.61. The number of benzene rings is 1. The molecule has 0 atom stereocenters. The number of ether oxygens (including phenoxy) is 1. The van der Waals surface area contributed by atoms with Crippen molar-refractivity contribution in [3.8, 4) is 5.75 Å². The van der Waals surface area contributed by atoms with Crippen LogP contribution in [-0.4, -0.2) is 27.0 Å². The molecule has 0 unspecified atom stereocenters. The number of amides is 1. The van der Waals surface area contributed by atoms with E-state index in [1.165, 1.54) is 4.57 Å². The molecule has 0 saturated heterocycles. The van der Waals surface area contributed by atoms with E-state index < -0.39 is 5.91 Å². The van der Waals surface area contributed by atoms with Crippen LogP contribution >= 0.6 is 0 Å². The molecule has 0 spiro atoms. The van der Waals surface area contributed by atoms with E-state index in [0.29, 0.717) is 35.2 Å². The summed E-state index contributed by atoms with van der Waals surface area (Å²) in [4.78, 5) is 34.5. The molecule has 0 bridgehead atoms. The van der Waals surface area contributed by atoms with E-state index in [-0.39, 0.29) is 17.7 Å². The summed E-state index contributed by atoms with van der Waals surface area (Å²) in [5.41, 5.74) is 2.29. The average Bonchev–Trinajstić information content (AvgIpc) is 2.71. The van der Waals surface area contributed by atoms with E-state index in [4.69, 9.17) is 4.74 Å². The summed E-state index contributed by atoms with van der Waals surface area (Å²) in [6, 6.07) is 8.95. The predicted octanol–water partition coefficient (Wildman–Crippen LogP) is 3.59. The number of para-hydroxylation sites is 2. The third-order valence-corrected chi connectivity index (χ3v) is 4.47. The van der Waals surface area contributed by atoms with Crippen molar-refractivity contribution < 1.29 is 9.53 Å². The van der Waals surface area contributed by atoms with Crippen LogP contribution in [0.25, 0.3) is 0 Å². The molecule has 0 aliphatic rings. The van der Waals surface area contributed by atoms with Gasteiger partial charge >= 0.3 is 0 Å². The molecule has 2 aromatic heterocycles. The first-order valence-corrected chi connectivity index (χ1v) is 9.86. The Morgan fingerprint density at radius 1 is 1.13 bits per heavy atom. The highest BCUT2D eigenvalue weighted by Gasteiger charge is 2.18. The van der Waals surface area contributed by atoms with Crippen LogP contribution in [0.4, 0.5) is 5.69 Å². The van der Waals surface area contributed by atoms with E-state index >= 15 is 0 Å². The van der Waals surface area contributed by atoms with Crippen LogP contribution in [0.1, 0.15) is 41.2 Å². The lowest BCUT2D eigenvalue weighted by Crippen LogP contribution is -2.30. The zero-order chi connectivity index (χ0) is 21.7. The molecule has 1 amide bonds. The van der Waals surface area contributed by atoms with Gasteiger partial charge in [-0.25, -0.2) is 0 Å². The lowest BCUT2D eigenvalue weighted by molar-refractivity contribution is 0.102. The molecule has 0 fully saturated rings. The summed E-state index contributed by atoms with van der Waals surface area (Å²) in [7, 11) is 0. The van der Waals surface area contributed by atoms with Gasteiger partial charge in [0.2, 0.25) is 0 Å². The number of pyridine rings is 1. The van der Waals surface area contributed by atoms with Crippen molar-refractivity contribution >= 4 is 11.6 Å². The largest absolute Gasteiger partial charge is 0.491 e. The Morgan fingerprint density at radius 3 is 2.60 bits per heavy atom. The molecule has 3 rings (SSSR count). The van der Waals surface area contributed by atoms with Crippen molar-refractivity contribution in [2.45, 2.75) is 34.2 Å².